The van der Waals surface area contributed by atoms with Crippen molar-refractivity contribution in [3.05, 3.63) is 11.3 Å². The zero-order valence-corrected chi connectivity index (χ0v) is 10.4. The molecule has 0 unspecified atom stereocenters. The Morgan fingerprint density at radius 1 is 0.938 bits per heavy atom. The Hall–Kier alpha value is -0.790. The monoisotopic (exact) mass is 221 g/mol. The van der Waals surface area contributed by atoms with E-state index in [0.717, 1.165) is 18.4 Å². The molecule has 0 bridgehead atoms. The maximum Gasteiger partial charge on any atom is 0.157 e. The minimum Gasteiger partial charge on any atom is -0.375 e. The number of piperidine rings is 1. The van der Waals surface area contributed by atoms with Gasteiger partial charge in [-0.25, -0.2) is 0 Å². The van der Waals surface area contributed by atoms with Crippen molar-refractivity contribution in [2.75, 3.05) is 13.1 Å². The fraction of sp³-hybridized carbons (Fsp3) is 0.786. The first-order valence-electron chi connectivity index (χ1n) is 6.77. The summed E-state index contributed by atoms with van der Waals surface area (Å²) >= 11 is 0. The number of nitrogens with zero attached hydrogens (tertiary/aromatic N) is 1. The zero-order valence-electron chi connectivity index (χ0n) is 10.4. The van der Waals surface area contributed by atoms with Crippen molar-refractivity contribution in [3.8, 4) is 0 Å². The summed E-state index contributed by atoms with van der Waals surface area (Å²) in [7, 11) is 0. The number of hydrogen-bond donors (Lipinski definition) is 0. The Morgan fingerprint density at radius 2 is 1.56 bits per heavy atom. The van der Waals surface area contributed by atoms with Gasteiger partial charge in [0.05, 0.1) is 0 Å². The van der Waals surface area contributed by atoms with Crippen molar-refractivity contribution < 1.29 is 4.79 Å². The van der Waals surface area contributed by atoms with Gasteiger partial charge < -0.3 is 4.90 Å². The molecular formula is C14H23NO. The Bertz CT molecular complexity index is 287. The lowest BCUT2D eigenvalue weighted by molar-refractivity contribution is -0.113. The second kappa shape index (κ2) is 5.51. The number of carbonyl (C=O) groups excluding carboxylic acids is 1. The molecule has 0 atom stereocenters. The highest BCUT2D eigenvalue weighted by molar-refractivity contribution is 5.93. The molecular weight excluding hydrogens is 198 g/mol. The van der Waals surface area contributed by atoms with Crippen LogP contribution in [0, 0.1) is 0 Å². The van der Waals surface area contributed by atoms with E-state index in [4.69, 9.17) is 0 Å². The van der Waals surface area contributed by atoms with Crippen LogP contribution >= 0.6 is 0 Å². The Morgan fingerprint density at radius 3 is 2.25 bits per heavy atom. The van der Waals surface area contributed by atoms with Gasteiger partial charge in [0.15, 0.2) is 5.78 Å². The van der Waals surface area contributed by atoms with Crippen LogP contribution in [0.3, 0.4) is 0 Å². The van der Waals surface area contributed by atoms with Crippen molar-refractivity contribution in [1.29, 1.82) is 0 Å². The maximum atomic E-state index is 11.7. The largest absolute Gasteiger partial charge is 0.375 e. The van der Waals surface area contributed by atoms with Gasteiger partial charge in [-0.3, -0.25) is 4.79 Å². The standard InChI is InChI=1S/C14H23NO/c1-12(16)13-8-4-2-5-9-14(13)15-10-6-3-7-11-15/h2-11H2,1H3. The summed E-state index contributed by atoms with van der Waals surface area (Å²) in [6, 6.07) is 0. The molecule has 1 aliphatic heterocycles. The topological polar surface area (TPSA) is 20.3 Å². The van der Waals surface area contributed by atoms with Gasteiger partial charge in [-0.05, 0) is 51.9 Å². The van der Waals surface area contributed by atoms with E-state index in [9.17, 15) is 4.79 Å². The minimum atomic E-state index is 0.308. The lowest BCUT2D eigenvalue weighted by Gasteiger charge is -2.32. The predicted octanol–water partition coefficient (Wildman–Crippen LogP) is 3.28. The highest BCUT2D eigenvalue weighted by Crippen LogP contribution is 2.28. The molecule has 90 valence electrons. The fourth-order valence-corrected chi connectivity index (χ4v) is 2.96. The molecule has 16 heavy (non-hydrogen) atoms. The van der Waals surface area contributed by atoms with Crippen LogP contribution in [0.4, 0.5) is 0 Å². The molecule has 1 heterocycles. The molecule has 2 aliphatic rings. The summed E-state index contributed by atoms with van der Waals surface area (Å²) in [5, 5.41) is 0. The molecule has 1 fully saturated rings. The third kappa shape index (κ3) is 2.66. The van der Waals surface area contributed by atoms with E-state index in [1.54, 1.807) is 6.92 Å². The summed E-state index contributed by atoms with van der Waals surface area (Å²) in [6.07, 6.45) is 9.86. The first-order valence-corrected chi connectivity index (χ1v) is 6.77. The van der Waals surface area contributed by atoms with Crippen molar-refractivity contribution in [3.63, 3.8) is 0 Å². The molecule has 0 saturated carbocycles. The highest BCUT2D eigenvalue weighted by atomic mass is 16.1. The Kier molecular flexibility index (Phi) is 4.03. The van der Waals surface area contributed by atoms with Crippen LogP contribution in [-0.4, -0.2) is 23.8 Å². The second-order valence-electron chi connectivity index (χ2n) is 5.09. The summed E-state index contributed by atoms with van der Waals surface area (Å²) in [6.45, 7) is 4.09. The lowest BCUT2D eigenvalue weighted by atomic mass is 10.0. The quantitative estimate of drug-likeness (QED) is 0.713. The molecule has 2 rings (SSSR count). The molecule has 1 saturated heterocycles. The van der Waals surface area contributed by atoms with Gasteiger partial charge in [0.25, 0.3) is 0 Å². The van der Waals surface area contributed by atoms with Gasteiger partial charge in [-0.15, -0.1) is 0 Å². The zero-order chi connectivity index (χ0) is 11.4. The van der Waals surface area contributed by atoms with E-state index < -0.39 is 0 Å². The third-order valence-electron chi connectivity index (χ3n) is 3.85. The molecule has 0 N–H and O–H groups in total. The number of ketones is 1. The minimum absolute atomic E-state index is 0.308. The smallest absolute Gasteiger partial charge is 0.157 e. The lowest BCUT2D eigenvalue weighted by Crippen LogP contribution is -2.30. The molecule has 0 radical (unpaired) electrons. The number of Topliss-reactive ketones (excluding diaryl/α,β-unsaturated/α-hetero) is 1. The average Bonchev–Trinajstić information content (AvgIpc) is 2.55. The number of hydrogen-bond acceptors (Lipinski definition) is 2. The summed E-state index contributed by atoms with van der Waals surface area (Å²) in [4.78, 5) is 14.2. The molecule has 2 heteroatoms. The molecule has 1 aliphatic carbocycles. The molecule has 2 nitrogen and oxygen atoms in total. The normalized spacial score (nSPS) is 23.2. The number of rotatable bonds is 2. The van der Waals surface area contributed by atoms with Gasteiger partial charge in [-0.1, -0.05) is 6.42 Å². The third-order valence-corrected chi connectivity index (χ3v) is 3.85. The predicted molar refractivity (Wildman–Crippen MR) is 66.2 cm³/mol. The Labute approximate surface area is 98.7 Å². The van der Waals surface area contributed by atoms with E-state index in [1.165, 1.54) is 57.3 Å². The van der Waals surface area contributed by atoms with Crippen molar-refractivity contribution in [2.24, 2.45) is 0 Å². The Balaban J connectivity index is 2.19. The van der Waals surface area contributed by atoms with Crippen LogP contribution < -0.4 is 0 Å². The van der Waals surface area contributed by atoms with Crippen LogP contribution in [-0.2, 0) is 4.79 Å². The van der Waals surface area contributed by atoms with E-state index in [2.05, 4.69) is 4.90 Å². The van der Waals surface area contributed by atoms with Crippen LogP contribution in [0.1, 0.15) is 58.3 Å². The first kappa shape index (κ1) is 11.7. The summed E-state index contributed by atoms with van der Waals surface area (Å²) in [5.74, 6) is 0.308. The van der Waals surface area contributed by atoms with Crippen molar-refractivity contribution in [2.45, 2.75) is 58.3 Å². The fourth-order valence-electron chi connectivity index (χ4n) is 2.96. The van der Waals surface area contributed by atoms with Crippen LogP contribution in [0.5, 0.6) is 0 Å². The van der Waals surface area contributed by atoms with Crippen molar-refractivity contribution in [1.82, 2.24) is 4.90 Å². The van der Waals surface area contributed by atoms with Crippen molar-refractivity contribution >= 4 is 5.78 Å². The molecule has 0 aromatic heterocycles. The highest BCUT2D eigenvalue weighted by Gasteiger charge is 2.21. The van der Waals surface area contributed by atoms with Crippen LogP contribution in [0.15, 0.2) is 11.3 Å². The summed E-state index contributed by atoms with van der Waals surface area (Å²) < 4.78 is 0. The second-order valence-corrected chi connectivity index (χ2v) is 5.09. The molecule has 0 aromatic carbocycles. The van der Waals surface area contributed by atoms with E-state index in [1.807, 2.05) is 0 Å². The van der Waals surface area contributed by atoms with Gasteiger partial charge in [0, 0.05) is 24.4 Å². The molecule has 0 aromatic rings. The first-order chi connectivity index (χ1) is 7.79. The van der Waals surface area contributed by atoms with E-state index in [0.29, 0.717) is 5.78 Å². The number of likely N-dealkylation sites (tertiary alicyclic amines) is 1. The van der Waals surface area contributed by atoms with E-state index >= 15 is 0 Å². The van der Waals surface area contributed by atoms with Gasteiger partial charge >= 0.3 is 0 Å². The van der Waals surface area contributed by atoms with Gasteiger partial charge in [0.1, 0.15) is 0 Å². The van der Waals surface area contributed by atoms with E-state index in [-0.39, 0.29) is 0 Å². The molecule has 0 spiro atoms. The van der Waals surface area contributed by atoms with Gasteiger partial charge in [0.2, 0.25) is 0 Å². The average molecular weight is 221 g/mol. The molecule has 0 amide bonds. The van der Waals surface area contributed by atoms with Crippen LogP contribution in [0.25, 0.3) is 0 Å². The number of carbonyl (C=O) groups is 1. The van der Waals surface area contributed by atoms with Crippen LogP contribution in [0.2, 0.25) is 0 Å². The van der Waals surface area contributed by atoms with Gasteiger partial charge in [-0.2, -0.15) is 0 Å². The SMILES string of the molecule is CC(=O)C1=C(N2CCCCC2)CCCCC1. The summed E-state index contributed by atoms with van der Waals surface area (Å²) in [5.41, 5.74) is 2.53. The number of allylic oxidation sites excluding steroid dienone is 2. The maximum absolute atomic E-state index is 11.7.